The van der Waals surface area contributed by atoms with Crippen molar-refractivity contribution in [3.8, 4) is 0 Å². The Balaban J connectivity index is 1.32. The summed E-state index contributed by atoms with van der Waals surface area (Å²) in [5.41, 5.74) is 2.38. The van der Waals surface area contributed by atoms with Crippen molar-refractivity contribution in [2.24, 2.45) is 11.8 Å². The third-order valence-electron chi connectivity index (χ3n) is 9.61. The van der Waals surface area contributed by atoms with E-state index in [0.717, 1.165) is 16.7 Å². The number of hydrogen-bond acceptors (Lipinski definition) is 3. The zero-order valence-electron chi connectivity index (χ0n) is 26.6. The summed E-state index contributed by atoms with van der Waals surface area (Å²) < 4.78 is 14.5. The molecule has 0 unspecified atom stereocenters. The van der Waals surface area contributed by atoms with Gasteiger partial charge in [0, 0.05) is 12.5 Å². The van der Waals surface area contributed by atoms with Gasteiger partial charge in [-0.3, -0.25) is 0 Å². The van der Waals surface area contributed by atoms with Crippen LogP contribution in [0.25, 0.3) is 0 Å². The predicted octanol–water partition coefficient (Wildman–Crippen LogP) is 7.57. The van der Waals surface area contributed by atoms with Gasteiger partial charge in [0.2, 0.25) is 0 Å². The molecule has 1 aliphatic carbocycles. The van der Waals surface area contributed by atoms with Crippen LogP contribution in [0.2, 0.25) is 5.04 Å². The maximum absolute atomic E-state index is 11.2. The molecule has 5 aromatic rings. The Morgan fingerprint density at radius 3 is 1.31 bits per heavy atom. The van der Waals surface area contributed by atoms with Crippen molar-refractivity contribution in [3.63, 3.8) is 0 Å². The largest absolute Gasteiger partial charge is 0.407 e. The fraction of sp³-hybridized carbons (Fsp3) is 0.268. The van der Waals surface area contributed by atoms with Crippen LogP contribution in [0, 0.1) is 11.8 Å². The van der Waals surface area contributed by atoms with Gasteiger partial charge in [0.15, 0.2) is 0 Å². The second kappa shape index (κ2) is 13.3. The third-order valence-corrected chi connectivity index (χ3v) is 14.6. The van der Waals surface area contributed by atoms with Crippen molar-refractivity contribution in [2.45, 2.75) is 43.9 Å². The standard InChI is InChI=1S/C41H44O3Si/c1-40(2,3)45(36-25-15-7-16-26-36,37-27-17-8-18-28-37)44-30-32-29-39(42)38(32)31-43-41(33-19-9-4-10-20-33,34-21-11-5-12-22-34)35-23-13-6-14-24-35/h4-28,32,38-39,42H,29-31H2,1-3H3/t32-,38-,39+/m0/s1. The minimum absolute atomic E-state index is 0.0428. The SMILES string of the molecule is CC(C)(C)[Si](OC[C@@H]1C[C@@H](O)[C@H]1COC(c1ccccc1)(c1ccccc1)c1ccccc1)(c1ccccc1)c1ccccc1. The van der Waals surface area contributed by atoms with Crippen molar-refractivity contribution in [3.05, 3.63) is 168 Å². The van der Waals surface area contributed by atoms with Crippen molar-refractivity contribution in [2.75, 3.05) is 13.2 Å². The first-order valence-corrected chi connectivity index (χ1v) is 18.0. The summed E-state index contributed by atoms with van der Waals surface area (Å²) in [6.45, 7) is 7.91. The second-order valence-corrected chi connectivity index (χ2v) is 17.6. The molecule has 1 N–H and O–H groups in total. The van der Waals surface area contributed by atoms with Gasteiger partial charge in [-0.25, -0.2) is 0 Å². The van der Waals surface area contributed by atoms with Gasteiger partial charge >= 0.3 is 0 Å². The van der Waals surface area contributed by atoms with Crippen LogP contribution in [0.15, 0.2) is 152 Å². The molecule has 1 aliphatic rings. The summed E-state index contributed by atoms with van der Waals surface area (Å²) in [6.07, 6.45) is 0.277. The molecular formula is C41H44O3Si. The van der Waals surface area contributed by atoms with Gasteiger partial charge in [0.1, 0.15) is 5.60 Å². The summed E-state index contributed by atoms with van der Waals surface area (Å²) in [5, 5.41) is 13.6. The van der Waals surface area contributed by atoms with E-state index in [9.17, 15) is 5.11 Å². The lowest BCUT2D eigenvalue weighted by molar-refractivity contribution is -0.115. The number of aliphatic hydroxyl groups is 1. The van der Waals surface area contributed by atoms with E-state index < -0.39 is 20.0 Å². The van der Waals surface area contributed by atoms with E-state index >= 15 is 0 Å². The molecular weight excluding hydrogens is 569 g/mol. The summed E-state index contributed by atoms with van der Waals surface area (Å²) >= 11 is 0. The Hall–Kier alpha value is -3.80. The highest BCUT2D eigenvalue weighted by Crippen LogP contribution is 2.44. The lowest BCUT2D eigenvalue weighted by Crippen LogP contribution is -2.67. The number of aliphatic hydroxyl groups excluding tert-OH is 1. The Morgan fingerprint density at radius 1 is 0.578 bits per heavy atom. The highest BCUT2D eigenvalue weighted by atomic mass is 28.4. The zero-order valence-corrected chi connectivity index (χ0v) is 27.6. The third kappa shape index (κ3) is 5.96. The quantitative estimate of drug-likeness (QED) is 0.124. The van der Waals surface area contributed by atoms with E-state index in [4.69, 9.17) is 9.16 Å². The summed E-state index contributed by atoms with van der Waals surface area (Å²) in [5.74, 6) is 0.139. The predicted molar refractivity (Wildman–Crippen MR) is 186 cm³/mol. The fourth-order valence-electron chi connectivity index (χ4n) is 7.20. The van der Waals surface area contributed by atoms with E-state index in [-0.39, 0.29) is 16.9 Å². The topological polar surface area (TPSA) is 38.7 Å². The van der Waals surface area contributed by atoms with Crippen LogP contribution in [0.1, 0.15) is 43.9 Å². The maximum Gasteiger partial charge on any atom is 0.261 e. The van der Waals surface area contributed by atoms with Crippen molar-refractivity contribution in [1.29, 1.82) is 0 Å². The van der Waals surface area contributed by atoms with Crippen LogP contribution in [0.3, 0.4) is 0 Å². The molecule has 4 heteroatoms. The van der Waals surface area contributed by atoms with Gasteiger partial charge in [-0.2, -0.15) is 0 Å². The van der Waals surface area contributed by atoms with E-state index in [1.54, 1.807) is 0 Å². The normalized spacial score (nSPS) is 18.7. The molecule has 0 amide bonds. The molecule has 0 radical (unpaired) electrons. The minimum atomic E-state index is -2.69. The van der Waals surface area contributed by atoms with Gasteiger partial charge in [-0.15, -0.1) is 0 Å². The smallest absolute Gasteiger partial charge is 0.261 e. The van der Waals surface area contributed by atoms with Crippen LogP contribution >= 0.6 is 0 Å². The highest BCUT2D eigenvalue weighted by molar-refractivity contribution is 6.99. The first-order valence-electron chi connectivity index (χ1n) is 16.1. The first-order chi connectivity index (χ1) is 21.9. The van der Waals surface area contributed by atoms with Gasteiger partial charge in [-0.1, -0.05) is 172 Å². The van der Waals surface area contributed by atoms with Gasteiger partial charge in [0.25, 0.3) is 8.32 Å². The molecule has 0 heterocycles. The lowest BCUT2D eigenvalue weighted by atomic mass is 9.71. The molecule has 3 nitrogen and oxygen atoms in total. The summed E-state index contributed by atoms with van der Waals surface area (Å²) in [6, 6.07) is 52.9. The molecule has 45 heavy (non-hydrogen) atoms. The molecule has 1 saturated carbocycles. The number of hydrogen-bond donors (Lipinski definition) is 1. The monoisotopic (exact) mass is 612 g/mol. The van der Waals surface area contributed by atoms with E-state index in [1.807, 2.05) is 18.2 Å². The van der Waals surface area contributed by atoms with Crippen LogP contribution in [0.4, 0.5) is 0 Å². The average Bonchev–Trinajstić information content (AvgIpc) is 3.08. The molecule has 3 atom stereocenters. The molecule has 6 rings (SSSR count). The molecule has 0 spiro atoms. The molecule has 5 aromatic carbocycles. The molecule has 0 aromatic heterocycles. The molecule has 1 fully saturated rings. The molecule has 0 aliphatic heterocycles. The summed E-state index contributed by atoms with van der Waals surface area (Å²) in [7, 11) is -2.69. The Kier molecular flexibility index (Phi) is 9.20. The number of benzene rings is 5. The van der Waals surface area contributed by atoms with E-state index in [2.05, 4.69) is 154 Å². The molecule has 0 saturated heterocycles. The van der Waals surface area contributed by atoms with E-state index in [0.29, 0.717) is 19.6 Å². The van der Waals surface area contributed by atoms with Crippen molar-refractivity contribution >= 4 is 18.7 Å². The van der Waals surface area contributed by atoms with Crippen LogP contribution in [0.5, 0.6) is 0 Å². The minimum Gasteiger partial charge on any atom is -0.407 e. The maximum atomic E-state index is 11.2. The average molecular weight is 613 g/mol. The van der Waals surface area contributed by atoms with Crippen molar-refractivity contribution in [1.82, 2.24) is 0 Å². The van der Waals surface area contributed by atoms with Crippen LogP contribution in [-0.2, 0) is 14.8 Å². The van der Waals surface area contributed by atoms with Crippen molar-refractivity contribution < 1.29 is 14.3 Å². The zero-order chi connectivity index (χ0) is 31.3. The fourth-order valence-corrected chi connectivity index (χ4v) is 11.8. The number of rotatable bonds is 11. The lowest BCUT2D eigenvalue weighted by Gasteiger charge is -2.48. The highest BCUT2D eigenvalue weighted by Gasteiger charge is 2.52. The van der Waals surface area contributed by atoms with Crippen LogP contribution < -0.4 is 10.4 Å². The Labute approximate surface area is 269 Å². The first kappa shape index (κ1) is 31.2. The number of ether oxygens (including phenoxy) is 1. The Morgan fingerprint density at radius 2 is 0.956 bits per heavy atom. The second-order valence-electron chi connectivity index (χ2n) is 13.3. The molecule has 230 valence electrons. The Bertz CT molecular complexity index is 1480. The van der Waals surface area contributed by atoms with Gasteiger partial charge < -0.3 is 14.3 Å². The van der Waals surface area contributed by atoms with Crippen LogP contribution in [-0.4, -0.2) is 32.7 Å². The van der Waals surface area contributed by atoms with Gasteiger partial charge in [0.05, 0.1) is 12.7 Å². The molecule has 0 bridgehead atoms. The van der Waals surface area contributed by atoms with Gasteiger partial charge in [-0.05, 0) is 44.4 Å². The van der Waals surface area contributed by atoms with E-state index in [1.165, 1.54) is 10.4 Å². The summed E-state index contributed by atoms with van der Waals surface area (Å²) in [4.78, 5) is 0.